The standard InChI is InChI=1S/CH6N2O6P2/c1-10(6,2-4)9-11(7,8)3-5/h6-8H,1H3/q+2. The van der Waals surface area contributed by atoms with Gasteiger partial charge in [0, 0.05) is 0 Å². The van der Waals surface area contributed by atoms with Gasteiger partial charge in [-0.15, -0.1) is 4.91 Å². The highest BCUT2D eigenvalue weighted by Gasteiger charge is 2.57. The van der Waals surface area contributed by atoms with Gasteiger partial charge in [0.25, 0.3) is 0 Å². The van der Waals surface area contributed by atoms with Crippen molar-refractivity contribution in [2.24, 2.45) is 9.89 Å². The van der Waals surface area contributed by atoms with E-state index in [0.29, 0.717) is 0 Å². The van der Waals surface area contributed by atoms with Crippen LogP contribution in [-0.4, -0.2) is 21.3 Å². The summed E-state index contributed by atoms with van der Waals surface area (Å²) in [6.45, 7) is 0.840. The van der Waals surface area contributed by atoms with E-state index in [2.05, 4.69) is 9.26 Å². The monoisotopic (exact) mass is 204 g/mol. The molecule has 8 nitrogen and oxygen atoms in total. The van der Waals surface area contributed by atoms with Crippen LogP contribution in [0.3, 0.4) is 0 Å². The first-order valence-corrected chi connectivity index (χ1v) is 5.80. The molecule has 0 heterocycles. The van der Waals surface area contributed by atoms with Crippen LogP contribution in [-0.2, 0) is 4.31 Å². The second kappa shape index (κ2) is 3.53. The van der Waals surface area contributed by atoms with E-state index in [1.165, 1.54) is 0 Å². The van der Waals surface area contributed by atoms with E-state index in [9.17, 15) is 9.81 Å². The lowest BCUT2D eigenvalue weighted by molar-refractivity contribution is 0.329. The molecule has 0 aromatic carbocycles. The van der Waals surface area contributed by atoms with Gasteiger partial charge in [-0.25, -0.2) is 0 Å². The smallest absolute Gasteiger partial charge is 0.191 e. The summed E-state index contributed by atoms with van der Waals surface area (Å²) in [5, 5.41) is 0. The molecule has 0 aliphatic rings. The zero-order valence-corrected chi connectivity index (χ0v) is 7.14. The predicted octanol–water partition coefficient (Wildman–Crippen LogP) is 0.583. The number of hydrogen-bond acceptors (Lipinski definition) is 8. The van der Waals surface area contributed by atoms with Gasteiger partial charge in [-0.2, -0.15) is 14.7 Å². The van der Waals surface area contributed by atoms with Crippen LogP contribution in [0.15, 0.2) is 9.89 Å². The predicted molar refractivity (Wildman–Crippen MR) is 39.1 cm³/mol. The molecule has 0 saturated heterocycles. The third kappa shape index (κ3) is 4.36. The van der Waals surface area contributed by atoms with Crippen molar-refractivity contribution >= 4 is 16.0 Å². The molecule has 1 atom stereocenters. The lowest BCUT2D eigenvalue weighted by atomic mass is 12.0. The molecule has 0 amide bonds. The summed E-state index contributed by atoms with van der Waals surface area (Å²) in [7, 11) is -8.22. The molecule has 10 heteroatoms. The van der Waals surface area contributed by atoms with Gasteiger partial charge < -0.3 is 0 Å². The van der Waals surface area contributed by atoms with Crippen LogP contribution >= 0.6 is 16.0 Å². The summed E-state index contributed by atoms with van der Waals surface area (Å²) in [6.07, 6.45) is 0. The van der Waals surface area contributed by atoms with Crippen molar-refractivity contribution < 1.29 is 19.0 Å². The van der Waals surface area contributed by atoms with Crippen molar-refractivity contribution in [1.82, 2.24) is 0 Å². The molecular formula is CH6N2O6P2+2. The second-order valence-electron chi connectivity index (χ2n) is 1.59. The summed E-state index contributed by atoms with van der Waals surface area (Å²) < 4.78 is 3.85. The van der Waals surface area contributed by atoms with Crippen LogP contribution in [0.2, 0.25) is 0 Å². The van der Waals surface area contributed by atoms with Gasteiger partial charge in [-0.1, -0.05) is 4.91 Å². The molecule has 0 aromatic heterocycles. The minimum atomic E-state index is -4.49. The van der Waals surface area contributed by atoms with Crippen molar-refractivity contribution in [2.75, 3.05) is 6.66 Å². The van der Waals surface area contributed by atoms with Crippen molar-refractivity contribution in [1.29, 1.82) is 0 Å². The lowest BCUT2D eigenvalue weighted by Gasteiger charge is -1.99. The largest absolute Gasteiger partial charge is 0.633 e. The highest BCUT2D eigenvalue weighted by Crippen LogP contribution is 2.70. The number of nitroso groups, excluding NO2 is 2. The molecular weight excluding hydrogens is 198 g/mol. The van der Waals surface area contributed by atoms with E-state index in [1.807, 2.05) is 0 Å². The van der Waals surface area contributed by atoms with Gasteiger partial charge >= 0.3 is 16.0 Å². The minimum absolute atomic E-state index is 0.840. The maximum atomic E-state index is 9.70. The van der Waals surface area contributed by atoms with E-state index in [0.717, 1.165) is 6.66 Å². The quantitative estimate of drug-likeness (QED) is 0.453. The molecule has 0 bridgehead atoms. The molecule has 0 radical (unpaired) electrons. The third-order valence-corrected chi connectivity index (χ3v) is 3.15. The summed E-state index contributed by atoms with van der Waals surface area (Å²) in [5.41, 5.74) is 0. The van der Waals surface area contributed by atoms with Crippen LogP contribution in [0, 0.1) is 9.81 Å². The highest BCUT2D eigenvalue weighted by atomic mass is 31.3. The average Bonchev–Trinajstić information content (AvgIpc) is 1.86. The minimum Gasteiger partial charge on any atom is -0.191 e. The Morgan fingerprint density at radius 2 is 1.64 bits per heavy atom. The maximum Gasteiger partial charge on any atom is 0.633 e. The van der Waals surface area contributed by atoms with Crippen molar-refractivity contribution in [3.05, 3.63) is 9.81 Å². The number of nitrogens with zero attached hydrogens (tertiary/aromatic N) is 2. The van der Waals surface area contributed by atoms with Crippen LogP contribution in [0.4, 0.5) is 0 Å². The van der Waals surface area contributed by atoms with Crippen molar-refractivity contribution in [3.8, 4) is 0 Å². The Labute approximate surface area is 62.3 Å². The molecule has 0 aromatic rings. The van der Waals surface area contributed by atoms with Gasteiger partial charge in [0.2, 0.25) is 0 Å². The van der Waals surface area contributed by atoms with Gasteiger partial charge in [0.15, 0.2) is 9.89 Å². The second-order valence-corrected chi connectivity index (χ2v) is 5.27. The third-order valence-electron chi connectivity index (χ3n) is 0.522. The molecule has 0 rings (SSSR count). The van der Waals surface area contributed by atoms with Crippen LogP contribution in [0.1, 0.15) is 0 Å². The van der Waals surface area contributed by atoms with E-state index < -0.39 is 16.0 Å². The summed E-state index contributed by atoms with van der Waals surface area (Å²) in [6, 6.07) is 0. The molecule has 0 fully saturated rings. The molecule has 64 valence electrons. The fraction of sp³-hybridized carbons (Fsp3) is 1.00. The van der Waals surface area contributed by atoms with Crippen molar-refractivity contribution in [3.63, 3.8) is 0 Å². The van der Waals surface area contributed by atoms with Gasteiger partial charge in [-0.3, -0.25) is 0 Å². The first-order valence-electron chi connectivity index (χ1n) is 2.18. The Morgan fingerprint density at radius 1 is 1.18 bits per heavy atom. The molecule has 0 aliphatic heterocycles. The average molecular weight is 204 g/mol. The zero-order chi connectivity index (χ0) is 9.12. The lowest BCUT2D eigenvalue weighted by Crippen LogP contribution is -1.94. The Morgan fingerprint density at radius 3 is 1.91 bits per heavy atom. The molecule has 3 N–H and O–H groups in total. The topological polar surface area (TPSA) is 129 Å². The molecule has 1 unspecified atom stereocenters. The van der Waals surface area contributed by atoms with Crippen molar-refractivity contribution in [2.45, 2.75) is 0 Å². The Balaban J connectivity index is 4.23. The molecule has 0 aliphatic carbocycles. The van der Waals surface area contributed by atoms with Crippen LogP contribution < -0.4 is 0 Å². The van der Waals surface area contributed by atoms with Gasteiger partial charge in [-0.05, 0) is 0 Å². The fourth-order valence-electron chi connectivity index (χ4n) is 0.237. The Kier molecular flexibility index (Phi) is 3.50. The Bertz CT molecular complexity index is 150. The summed E-state index contributed by atoms with van der Waals surface area (Å²) in [4.78, 5) is 48.6. The first-order chi connectivity index (χ1) is 4.83. The molecule has 0 spiro atoms. The van der Waals surface area contributed by atoms with E-state index in [4.69, 9.17) is 14.7 Å². The van der Waals surface area contributed by atoms with E-state index in [1.54, 1.807) is 4.95 Å². The molecule has 0 saturated carbocycles. The number of hydrogen-bond donors (Lipinski definition) is 3. The SMILES string of the molecule is C[P+](O)(N=O)O[P+](O)(O)N=O. The molecule has 11 heavy (non-hydrogen) atoms. The highest BCUT2D eigenvalue weighted by molar-refractivity contribution is 7.74. The zero-order valence-electron chi connectivity index (χ0n) is 5.36. The first kappa shape index (κ1) is 10.9. The summed E-state index contributed by atoms with van der Waals surface area (Å²) in [5.74, 6) is 0. The number of rotatable bonds is 4. The summed E-state index contributed by atoms with van der Waals surface area (Å²) >= 11 is 0. The fourth-order valence-corrected chi connectivity index (χ4v) is 2.14. The van der Waals surface area contributed by atoms with Crippen LogP contribution in [0.5, 0.6) is 0 Å². The van der Waals surface area contributed by atoms with Gasteiger partial charge in [0.1, 0.15) is 6.66 Å². The van der Waals surface area contributed by atoms with E-state index >= 15 is 0 Å². The van der Waals surface area contributed by atoms with Crippen LogP contribution in [0.25, 0.3) is 0 Å². The normalized spacial score (nSPS) is 17.1. The van der Waals surface area contributed by atoms with Gasteiger partial charge in [0.05, 0.1) is 4.31 Å². The Hall–Kier alpha value is -0.100. The van der Waals surface area contributed by atoms with E-state index in [-0.39, 0.29) is 0 Å². The maximum absolute atomic E-state index is 9.70.